The normalized spacial score (nSPS) is 12.0. The Labute approximate surface area is 171 Å². The van der Waals surface area contributed by atoms with Crippen LogP contribution >= 0.6 is 0 Å². The van der Waals surface area contributed by atoms with E-state index >= 15 is 0 Å². The fourth-order valence-electron chi connectivity index (χ4n) is 3.31. The van der Waals surface area contributed by atoms with Crippen molar-refractivity contribution in [1.82, 2.24) is 30.0 Å². The lowest BCUT2D eigenvalue weighted by Crippen LogP contribution is -2.25. The third-order valence-corrected chi connectivity index (χ3v) is 5.03. The number of benzene rings is 1. The molecule has 3 aromatic heterocycles. The molecule has 0 bridgehead atoms. The van der Waals surface area contributed by atoms with Gasteiger partial charge in [0.2, 0.25) is 5.88 Å². The summed E-state index contributed by atoms with van der Waals surface area (Å²) in [5.74, 6) is 0.305. The highest BCUT2D eigenvalue weighted by Crippen LogP contribution is 2.27. The molecule has 0 aliphatic carbocycles. The van der Waals surface area contributed by atoms with E-state index in [0.29, 0.717) is 33.6 Å². The number of nitrogens with zero attached hydrogens (tertiary/aromatic N) is 4. The first-order valence-corrected chi connectivity index (χ1v) is 9.30. The molecule has 1 amide bonds. The fourth-order valence-corrected chi connectivity index (χ4v) is 3.31. The number of carbonyl (C=O) groups excluding carboxylic acids is 1. The largest absolute Gasteiger partial charge is 0.481 e. The predicted molar refractivity (Wildman–Crippen MR) is 112 cm³/mol. The van der Waals surface area contributed by atoms with E-state index in [1.54, 1.807) is 37.5 Å². The first-order chi connectivity index (χ1) is 14.5. The summed E-state index contributed by atoms with van der Waals surface area (Å²) in [5, 5.41) is 9.71. The highest BCUT2D eigenvalue weighted by Gasteiger charge is 2.16. The molecular weight excluding hydrogens is 384 g/mol. The van der Waals surface area contributed by atoms with E-state index in [-0.39, 0.29) is 17.5 Å². The summed E-state index contributed by atoms with van der Waals surface area (Å²) in [6.07, 6.45) is 4.63. The number of nitrogens with one attached hydrogen (secondary N) is 2. The van der Waals surface area contributed by atoms with Gasteiger partial charge in [-0.1, -0.05) is 12.1 Å². The molecule has 152 valence electrons. The maximum Gasteiger partial charge on any atom is 0.263 e. The van der Waals surface area contributed by atoms with E-state index in [2.05, 4.69) is 25.5 Å². The molecule has 1 atom stereocenters. The van der Waals surface area contributed by atoms with Gasteiger partial charge in [-0.15, -0.1) is 0 Å². The number of pyridine rings is 1. The zero-order valence-corrected chi connectivity index (χ0v) is 16.7. The number of H-pyrrole nitrogens is 1. The number of hydrogen-bond acceptors (Lipinski definition) is 6. The van der Waals surface area contributed by atoms with E-state index in [0.717, 1.165) is 5.56 Å². The van der Waals surface area contributed by atoms with Crippen molar-refractivity contribution in [3.63, 3.8) is 0 Å². The van der Waals surface area contributed by atoms with Crippen LogP contribution in [0.1, 0.15) is 28.9 Å². The molecule has 0 saturated heterocycles. The van der Waals surface area contributed by atoms with Gasteiger partial charge in [0.15, 0.2) is 0 Å². The van der Waals surface area contributed by atoms with Crippen LogP contribution in [0.2, 0.25) is 0 Å². The fraction of sp³-hybridized carbons (Fsp3) is 0.190. The number of fused-ring (bicyclic) bond motifs is 1. The van der Waals surface area contributed by atoms with Gasteiger partial charge in [0.05, 0.1) is 47.8 Å². The van der Waals surface area contributed by atoms with Gasteiger partial charge in [-0.2, -0.15) is 5.10 Å². The van der Waals surface area contributed by atoms with Gasteiger partial charge in [-0.05, 0) is 30.7 Å². The van der Waals surface area contributed by atoms with Gasteiger partial charge in [-0.3, -0.25) is 19.1 Å². The van der Waals surface area contributed by atoms with Crippen LogP contribution in [0.15, 0.2) is 53.8 Å². The van der Waals surface area contributed by atoms with Crippen LogP contribution in [0.5, 0.6) is 5.88 Å². The van der Waals surface area contributed by atoms with Crippen LogP contribution in [0.3, 0.4) is 0 Å². The number of ether oxygens (including phenoxy) is 1. The van der Waals surface area contributed by atoms with Crippen molar-refractivity contribution in [1.29, 1.82) is 0 Å². The number of aromatic amines is 1. The van der Waals surface area contributed by atoms with Gasteiger partial charge < -0.3 is 10.1 Å². The molecule has 0 aliphatic heterocycles. The minimum atomic E-state index is -0.312. The molecule has 4 aromatic rings. The molecular formula is C21H20N6O3. The second kappa shape index (κ2) is 7.78. The Bertz CT molecular complexity index is 1290. The average Bonchev–Trinajstić information content (AvgIpc) is 3.27. The molecule has 1 aromatic carbocycles. The quantitative estimate of drug-likeness (QED) is 0.527. The molecule has 2 N–H and O–H groups in total. The maximum atomic E-state index is 13.1. The van der Waals surface area contributed by atoms with E-state index in [9.17, 15) is 9.59 Å². The molecule has 3 heterocycles. The van der Waals surface area contributed by atoms with Crippen LogP contribution in [0, 0.1) is 0 Å². The van der Waals surface area contributed by atoms with Crippen molar-refractivity contribution >= 4 is 16.8 Å². The lowest BCUT2D eigenvalue weighted by Gasteiger charge is -2.16. The molecule has 0 fully saturated rings. The van der Waals surface area contributed by atoms with Crippen LogP contribution in [-0.4, -0.2) is 44.8 Å². The Morgan fingerprint density at radius 3 is 2.83 bits per heavy atom. The monoisotopic (exact) mass is 404 g/mol. The zero-order valence-electron chi connectivity index (χ0n) is 16.7. The molecule has 0 spiro atoms. The SMILES string of the molecule is CNC(=O)c1cccc([C@@H](C)n2cnc3cc(-c4cn[nH]c4OC)ncc3c2=O)c1. The number of aromatic nitrogens is 5. The van der Waals surface area contributed by atoms with Gasteiger partial charge in [0.25, 0.3) is 11.5 Å². The summed E-state index contributed by atoms with van der Waals surface area (Å²) in [7, 11) is 3.12. The molecule has 0 saturated carbocycles. The number of methoxy groups -OCH3 is 1. The molecule has 30 heavy (non-hydrogen) atoms. The van der Waals surface area contributed by atoms with Crippen LogP contribution in [0.25, 0.3) is 22.2 Å². The number of hydrogen-bond donors (Lipinski definition) is 2. The average molecular weight is 404 g/mol. The number of carbonyl (C=O) groups is 1. The highest BCUT2D eigenvalue weighted by atomic mass is 16.5. The van der Waals surface area contributed by atoms with Crippen molar-refractivity contribution < 1.29 is 9.53 Å². The van der Waals surface area contributed by atoms with Gasteiger partial charge in [0, 0.05) is 18.8 Å². The third kappa shape index (κ3) is 3.30. The lowest BCUT2D eigenvalue weighted by molar-refractivity contribution is 0.0963. The standard InChI is InChI=1S/C21H20N6O3/c1-12(13-5-4-6-14(7-13)19(28)22-2)27-11-24-18-8-17(23-9-16(18)21(27)29)15-10-25-26-20(15)30-3/h4-12H,1-3H3,(H,22,28)(H,25,26)/t12-/m1/s1. The van der Waals surface area contributed by atoms with Gasteiger partial charge in [-0.25, -0.2) is 10.1 Å². The minimum absolute atomic E-state index is 0.181. The summed E-state index contributed by atoms with van der Waals surface area (Å²) < 4.78 is 6.77. The molecule has 9 heteroatoms. The van der Waals surface area contributed by atoms with Crippen molar-refractivity contribution in [2.24, 2.45) is 0 Å². The van der Waals surface area contributed by atoms with Gasteiger partial charge >= 0.3 is 0 Å². The number of amides is 1. The topological polar surface area (TPSA) is 115 Å². The summed E-state index contributed by atoms with van der Waals surface area (Å²) in [5.41, 5.74) is 2.96. The van der Waals surface area contributed by atoms with E-state index in [1.807, 2.05) is 13.0 Å². The lowest BCUT2D eigenvalue weighted by atomic mass is 10.0. The third-order valence-electron chi connectivity index (χ3n) is 5.03. The zero-order chi connectivity index (χ0) is 21.3. The molecule has 9 nitrogen and oxygen atoms in total. The van der Waals surface area contributed by atoms with E-state index in [4.69, 9.17) is 4.74 Å². The molecule has 0 radical (unpaired) electrons. The van der Waals surface area contributed by atoms with Crippen LogP contribution < -0.4 is 15.6 Å². The smallest absolute Gasteiger partial charge is 0.263 e. The summed E-state index contributed by atoms with van der Waals surface area (Å²) in [6.45, 7) is 1.88. The van der Waals surface area contributed by atoms with Crippen molar-refractivity contribution in [3.8, 4) is 17.1 Å². The number of rotatable bonds is 5. The first kappa shape index (κ1) is 19.3. The predicted octanol–water partition coefficient (Wildman–Crippen LogP) is 2.16. The summed E-state index contributed by atoms with van der Waals surface area (Å²) >= 11 is 0. The summed E-state index contributed by atoms with van der Waals surface area (Å²) in [4.78, 5) is 33.9. The first-order valence-electron chi connectivity index (χ1n) is 9.30. The molecule has 0 aliphatic rings. The second-order valence-electron chi connectivity index (χ2n) is 6.74. The summed E-state index contributed by atoms with van der Waals surface area (Å²) in [6, 6.07) is 8.58. The van der Waals surface area contributed by atoms with Gasteiger partial charge in [0.1, 0.15) is 0 Å². The Morgan fingerprint density at radius 2 is 2.07 bits per heavy atom. The van der Waals surface area contributed by atoms with Crippen molar-refractivity contribution in [2.75, 3.05) is 14.2 Å². The Hall–Kier alpha value is -4.01. The maximum absolute atomic E-state index is 13.1. The van der Waals surface area contributed by atoms with E-state index in [1.165, 1.54) is 24.2 Å². The minimum Gasteiger partial charge on any atom is -0.481 e. The second-order valence-corrected chi connectivity index (χ2v) is 6.74. The highest BCUT2D eigenvalue weighted by molar-refractivity contribution is 5.94. The Balaban J connectivity index is 1.74. The molecule has 4 rings (SSSR count). The Morgan fingerprint density at radius 1 is 1.23 bits per heavy atom. The van der Waals surface area contributed by atoms with Crippen molar-refractivity contribution in [3.05, 3.63) is 70.5 Å². The Kier molecular flexibility index (Phi) is 5.01. The van der Waals surface area contributed by atoms with Crippen LogP contribution in [0.4, 0.5) is 0 Å². The molecule has 0 unspecified atom stereocenters. The van der Waals surface area contributed by atoms with E-state index < -0.39 is 0 Å². The van der Waals surface area contributed by atoms with Crippen LogP contribution in [-0.2, 0) is 0 Å². The van der Waals surface area contributed by atoms with Crippen molar-refractivity contribution in [2.45, 2.75) is 13.0 Å².